The van der Waals surface area contributed by atoms with Crippen LogP contribution in [0.25, 0.3) is 0 Å². The van der Waals surface area contributed by atoms with E-state index >= 15 is 0 Å². The highest BCUT2D eigenvalue weighted by molar-refractivity contribution is 9.09. The molecule has 0 aromatic heterocycles. The molecule has 0 N–H and O–H groups in total. The van der Waals surface area contributed by atoms with Gasteiger partial charge in [-0.3, -0.25) is 0 Å². The number of ether oxygens (including phenoxy) is 1. The highest BCUT2D eigenvalue weighted by Gasteiger charge is 2.53. The summed E-state index contributed by atoms with van der Waals surface area (Å²) in [5, 5.41) is 0. The van der Waals surface area contributed by atoms with Crippen LogP contribution >= 0.6 is 15.9 Å². The first kappa shape index (κ1) is 13.5. The van der Waals surface area contributed by atoms with Crippen LogP contribution in [-0.2, 0) is 6.42 Å². The van der Waals surface area contributed by atoms with Crippen LogP contribution in [0.4, 0.5) is 0 Å². The van der Waals surface area contributed by atoms with E-state index in [1.54, 1.807) is 0 Å². The third kappa shape index (κ3) is 2.03. The summed E-state index contributed by atoms with van der Waals surface area (Å²) in [7, 11) is 0. The zero-order valence-corrected chi connectivity index (χ0v) is 13.9. The third-order valence-electron chi connectivity index (χ3n) is 5.32. The molecule has 0 radical (unpaired) electrons. The standard InChI is InChI=1S/C17H23BrO/c1-11-5-6-13-12(9-11)10-14-16(2,3)15(18)7-8-17(14,4)19-13/h5-6,9,14-15H,7-8,10H2,1-4H3/t14-,15-,17+/m0/s1. The summed E-state index contributed by atoms with van der Waals surface area (Å²) in [5.41, 5.74) is 2.98. The SMILES string of the molecule is Cc1ccc2c(c1)C[C@H]1C(C)(C)[C@@H](Br)CC[C@@]1(C)O2. The molecular formula is C17H23BrO. The normalized spacial score (nSPS) is 36.1. The first-order chi connectivity index (χ1) is 8.83. The van der Waals surface area contributed by atoms with E-state index in [-0.39, 0.29) is 11.0 Å². The molecule has 3 atom stereocenters. The molecule has 1 aromatic rings. The van der Waals surface area contributed by atoms with Gasteiger partial charge in [0.15, 0.2) is 0 Å². The zero-order chi connectivity index (χ0) is 13.8. The lowest BCUT2D eigenvalue weighted by Crippen LogP contribution is -2.57. The van der Waals surface area contributed by atoms with E-state index in [0.717, 1.165) is 18.6 Å². The van der Waals surface area contributed by atoms with Gasteiger partial charge in [-0.05, 0) is 50.2 Å². The van der Waals surface area contributed by atoms with Crippen molar-refractivity contribution in [1.29, 1.82) is 0 Å². The Morgan fingerprint density at radius 3 is 2.74 bits per heavy atom. The van der Waals surface area contributed by atoms with Crippen molar-refractivity contribution >= 4 is 15.9 Å². The minimum absolute atomic E-state index is 0.00394. The highest BCUT2D eigenvalue weighted by atomic mass is 79.9. The van der Waals surface area contributed by atoms with Crippen molar-refractivity contribution in [3.63, 3.8) is 0 Å². The summed E-state index contributed by atoms with van der Waals surface area (Å²) in [5.74, 6) is 1.68. The van der Waals surface area contributed by atoms with E-state index in [2.05, 4.69) is 61.8 Å². The van der Waals surface area contributed by atoms with Crippen LogP contribution in [0.5, 0.6) is 5.75 Å². The zero-order valence-electron chi connectivity index (χ0n) is 12.3. The van der Waals surface area contributed by atoms with E-state index in [4.69, 9.17) is 4.74 Å². The second-order valence-corrected chi connectivity index (χ2v) is 8.22. The Balaban J connectivity index is 2.04. The minimum atomic E-state index is -0.00394. The number of hydrogen-bond donors (Lipinski definition) is 0. The van der Waals surface area contributed by atoms with E-state index < -0.39 is 0 Å². The largest absolute Gasteiger partial charge is 0.487 e. The van der Waals surface area contributed by atoms with Crippen LogP contribution in [-0.4, -0.2) is 10.4 Å². The van der Waals surface area contributed by atoms with Gasteiger partial charge in [0.25, 0.3) is 0 Å². The Labute approximate surface area is 124 Å². The fourth-order valence-corrected chi connectivity index (χ4v) is 4.55. The van der Waals surface area contributed by atoms with Gasteiger partial charge in [-0.1, -0.05) is 47.5 Å². The molecule has 1 saturated carbocycles. The molecule has 0 unspecified atom stereocenters. The maximum atomic E-state index is 6.44. The molecule has 1 aliphatic heterocycles. The first-order valence-corrected chi connectivity index (χ1v) is 8.17. The second kappa shape index (κ2) is 4.25. The lowest BCUT2D eigenvalue weighted by molar-refractivity contribution is -0.0772. The third-order valence-corrected chi connectivity index (χ3v) is 6.96. The second-order valence-electron chi connectivity index (χ2n) is 7.11. The van der Waals surface area contributed by atoms with E-state index in [0.29, 0.717) is 10.7 Å². The fraction of sp³-hybridized carbons (Fsp3) is 0.647. The van der Waals surface area contributed by atoms with Crippen molar-refractivity contribution in [2.45, 2.75) is 57.4 Å². The molecule has 1 aliphatic carbocycles. The predicted molar refractivity (Wildman–Crippen MR) is 83.1 cm³/mol. The van der Waals surface area contributed by atoms with Crippen molar-refractivity contribution in [2.75, 3.05) is 0 Å². The molecule has 104 valence electrons. The number of benzene rings is 1. The Hall–Kier alpha value is -0.500. The van der Waals surface area contributed by atoms with Crippen molar-refractivity contribution in [1.82, 2.24) is 0 Å². The molecule has 2 heteroatoms. The van der Waals surface area contributed by atoms with E-state index in [1.165, 1.54) is 17.5 Å². The lowest BCUT2D eigenvalue weighted by atomic mass is 9.59. The average molecular weight is 323 g/mol. The molecule has 0 saturated heterocycles. The Morgan fingerprint density at radius 2 is 2.00 bits per heavy atom. The van der Waals surface area contributed by atoms with Gasteiger partial charge < -0.3 is 4.74 Å². The van der Waals surface area contributed by atoms with Gasteiger partial charge in [-0.15, -0.1) is 0 Å². The topological polar surface area (TPSA) is 9.23 Å². The maximum Gasteiger partial charge on any atom is 0.123 e. The molecule has 1 heterocycles. The number of aryl methyl sites for hydroxylation is 1. The van der Waals surface area contributed by atoms with Gasteiger partial charge in [0.05, 0.1) is 0 Å². The summed E-state index contributed by atoms with van der Waals surface area (Å²) in [6.45, 7) is 9.24. The Morgan fingerprint density at radius 1 is 1.26 bits per heavy atom. The summed E-state index contributed by atoms with van der Waals surface area (Å²) in [4.78, 5) is 0.591. The highest BCUT2D eigenvalue weighted by Crippen LogP contribution is 2.54. The van der Waals surface area contributed by atoms with Crippen molar-refractivity contribution in [2.24, 2.45) is 11.3 Å². The van der Waals surface area contributed by atoms with Gasteiger partial charge in [0.1, 0.15) is 11.4 Å². The summed E-state index contributed by atoms with van der Waals surface area (Å²) >= 11 is 3.89. The lowest BCUT2D eigenvalue weighted by Gasteiger charge is -2.55. The van der Waals surface area contributed by atoms with Crippen LogP contribution in [0.15, 0.2) is 18.2 Å². The van der Waals surface area contributed by atoms with Crippen LogP contribution < -0.4 is 4.74 Å². The molecule has 1 aromatic carbocycles. The van der Waals surface area contributed by atoms with Gasteiger partial charge in [0.2, 0.25) is 0 Å². The number of hydrogen-bond acceptors (Lipinski definition) is 1. The molecule has 3 rings (SSSR count). The first-order valence-electron chi connectivity index (χ1n) is 7.25. The van der Waals surface area contributed by atoms with Gasteiger partial charge in [-0.25, -0.2) is 0 Å². The average Bonchev–Trinajstić information content (AvgIpc) is 2.34. The number of halogens is 1. The van der Waals surface area contributed by atoms with Gasteiger partial charge in [0, 0.05) is 10.7 Å². The van der Waals surface area contributed by atoms with Gasteiger partial charge >= 0.3 is 0 Å². The number of alkyl halides is 1. The predicted octanol–water partition coefficient (Wildman–Crippen LogP) is 4.89. The number of rotatable bonds is 0. The molecule has 1 fully saturated rings. The van der Waals surface area contributed by atoms with Crippen LogP contribution in [0.1, 0.15) is 44.7 Å². The Bertz CT molecular complexity index is 508. The van der Waals surface area contributed by atoms with E-state index in [9.17, 15) is 0 Å². The fourth-order valence-electron chi connectivity index (χ4n) is 4.00. The monoisotopic (exact) mass is 322 g/mol. The van der Waals surface area contributed by atoms with E-state index in [1.807, 2.05) is 0 Å². The number of fused-ring (bicyclic) bond motifs is 2. The molecule has 1 nitrogen and oxygen atoms in total. The molecular weight excluding hydrogens is 300 g/mol. The van der Waals surface area contributed by atoms with Crippen molar-refractivity contribution in [3.8, 4) is 5.75 Å². The van der Waals surface area contributed by atoms with Crippen LogP contribution in [0.2, 0.25) is 0 Å². The summed E-state index contributed by atoms with van der Waals surface area (Å²) in [6, 6.07) is 6.60. The molecule has 2 aliphatic rings. The maximum absolute atomic E-state index is 6.44. The summed E-state index contributed by atoms with van der Waals surface area (Å²) < 4.78 is 6.44. The van der Waals surface area contributed by atoms with Crippen LogP contribution in [0.3, 0.4) is 0 Å². The van der Waals surface area contributed by atoms with Crippen molar-refractivity contribution in [3.05, 3.63) is 29.3 Å². The molecule has 0 amide bonds. The smallest absolute Gasteiger partial charge is 0.123 e. The Kier molecular flexibility index (Phi) is 3.01. The van der Waals surface area contributed by atoms with Crippen molar-refractivity contribution < 1.29 is 4.74 Å². The molecule has 0 spiro atoms. The minimum Gasteiger partial charge on any atom is -0.487 e. The summed E-state index contributed by atoms with van der Waals surface area (Å²) in [6.07, 6.45) is 3.48. The van der Waals surface area contributed by atoms with Crippen LogP contribution in [0, 0.1) is 18.3 Å². The molecule has 19 heavy (non-hydrogen) atoms. The molecule has 0 bridgehead atoms. The quantitative estimate of drug-likeness (QED) is 0.618. The van der Waals surface area contributed by atoms with Gasteiger partial charge in [-0.2, -0.15) is 0 Å².